The Bertz CT molecular complexity index is 761. The highest BCUT2D eigenvalue weighted by Gasteiger charge is 2.51. The Morgan fingerprint density at radius 2 is 1.36 bits per heavy atom. The third kappa shape index (κ3) is 5.73. The lowest BCUT2D eigenvalue weighted by atomic mass is 9.97. The van der Waals surface area contributed by atoms with Crippen LogP contribution < -0.4 is 4.74 Å². The van der Waals surface area contributed by atoms with Crippen LogP contribution in [0.15, 0.2) is 24.3 Å². The topological polar surface area (TPSA) is 253 Å². The maximum Gasteiger partial charge on any atom is 0.269 e. The number of hydrogen-bond acceptors (Lipinski definition) is 13. The zero-order valence-corrected chi connectivity index (χ0v) is 17.0. The summed E-state index contributed by atoms with van der Waals surface area (Å²) in [4.78, 5) is 10.1. The fraction of sp³-hybridized carbons (Fsp3) is 0.667. The molecule has 0 radical (unpaired) electrons. The molecule has 9 N–H and O–H groups in total. The molecule has 10 unspecified atom stereocenters. The standard InChI is InChI=1S/C18H25NO13.H2O/c20-5-9-11(22)12(23)14(25)18(30-9)32-16-10(6-21)31-17(15(26)13(16)24)29-8-3-1-7(2-4-8)19(27)28;/h1-4,9-18,20-26H,5-6H2;1H2. The molecule has 2 heterocycles. The number of hydrogen-bond donors (Lipinski definition) is 7. The fourth-order valence-electron chi connectivity index (χ4n) is 3.43. The summed E-state index contributed by atoms with van der Waals surface area (Å²) >= 11 is 0. The Hall–Kier alpha value is -2.02. The number of nitro groups is 1. The number of ether oxygens (including phenoxy) is 4. The van der Waals surface area contributed by atoms with Gasteiger partial charge in [-0.05, 0) is 12.1 Å². The molecule has 2 fully saturated rings. The van der Waals surface area contributed by atoms with Gasteiger partial charge in [0.15, 0.2) is 6.29 Å². The Morgan fingerprint density at radius 1 is 0.818 bits per heavy atom. The van der Waals surface area contributed by atoms with E-state index in [0.717, 1.165) is 12.1 Å². The summed E-state index contributed by atoms with van der Waals surface area (Å²) < 4.78 is 21.5. The minimum Gasteiger partial charge on any atom is -0.462 e. The minimum atomic E-state index is -1.77. The molecule has 1 aromatic rings. The Kier molecular flexibility index (Phi) is 9.41. The van der Waals surface area contributed by atoms with Crippen LogP contribution in [0.3, 0.4) is 0 Å². The van der Waals surface area contributed by atoms with Crippen LogP contribution in [0.1, 0.15) is 0 Å². The lowest BCUT2D eigenvalue weighted by molar-refractivity contribution is -0.384. The SMILES string of the molecule is O.O=[N+]([O-])c1ccc(OC2OC(CO)C(OC3OC(CO)C(O)C(O)C3O)C(O)C2O)cc1. The first-order valence-electron chi connectivity index (χ1n) is 9.67. The van der Waals surface area contributed by atoms with Crippen molar-refractivity contribution in [2.75, 3.05) is 13.2 Å². The van der Waals surface area contributed by atoms with Crippen LogP contribution in [0.25, 0.3) is 0 Å². The number of nitrogens with zero attached hydrogens (tertiary/aromatic N) is 1. The van der Waals surface area contributed by atoms with E-state index in [2.05, 4.69) is 0 Å². The van der Waals surface area contributed by atoms with Crippen LogP contribution in [0.5, 0.6) is 5.75 Å². The normalized spacial score (nSPS) is 38.9. The van der Waals surface area contributed by atoms with E-state index in [0.29, 0.717) is 0 Å². The van der Waals surface area contributed by atoms with Crippen LogP contribution >= 0.6 is 0 Å². The van der Waals surface area contributed by atoms with Crippen LogP contribution in [0, 0.1) is 10.1 Å². The second-order valence-electron chi connectivity index (χ2n) is 7.37. The van der Waals surface area contributed by atoms with Gasteiger partial charge in [-0.3, -0.25) is 10.1 Å². The average molecular weight is 481 g/mol. The van der Waals surface area contributed by atoms with Crippen molar-refractivity contribution in [2.24, 2.45) is 0 Å². The van der Waals surface area contributed by atoms with Crippen molar-refractivity contribution in [3.63, 3.8) is 0 Å². The largest absolute Gasteiger partial charge is 0.462 e. The van der Waals surface area contributed by atoms with Crippen LogP contribution in [-0.2, 0) is 14.2 Å². The molecule has 0 amide bonds. The molecule has 0 saturated carbocycles. The molecule has 0 spiro atoms. The molecule has 10 atom stereocenters. The van der Waals surface area contributed by atoms with Crippen LogP contribution in [-0.4, -0.2) is 121 Å². The van der Waals surface area contributed by atoms with Gasteiger partial charge in [0.2, 0.25) is 6.29 Å². The molecule has 2 aliphatic rings. The van der Waals surface area contributed by atoms with Crippen molar-refractivity contribution in [3.8, 4) is 5.75 Å². The van der Waals surface area contributed by atoms with Crippen molar-refractivity contribution in [2.45, 2.75) is 61.4 Å². The number of aliphatic hydroxyl groups excluding tert-OH is 7. The lowest BCUT2D eigenvalue weighted by Crippen LogP contribution is -2.65. The second-order valence-corrected chi connectivity index (χ2v) is 7.37. The van der Waals surface area contributed by atoms with Crippen molar-refractivity contribution >= 4 is 5.69 Å². The van der Waals surface area contributed by atoms with Gasteiger partial charge in [-0.25, -0.2) is 0 Å². The maximum absolute atomic E-state index is 10.7. The Morgan fingerprint density at radius 3 is 1.91 bits per heavy atom. The molecule has 188 valence electrons. The van der Waals surface area contributed by atoms with Gasteiger partial charge in [-0.2, -0.15) is 0 Å². The summed E-state index contributed by atoms with van der Waals surface area (Å²) in [5.74, 6) is 0.0804. The number of non-ortho nitro benzene ring substituents is 1. The van der Waals surface area contributed by atoms with Crippen molar-refractivity contribution in [3.05, 3.63) is 34.4 Å². The highest BCUT2D eigenvalue weighted by molar-refractivity contribution is 5.36. The maximum atomic E-state index is 10.7. The first-order chi connectivity index (χ1) is 15.2. The van der Waals surface area contributed by atoms with Gasteiger partial charge in [0.05, 0.1) is 18.1 Å². The van der Waals surface area contributed by atoms with Crippen LogP contribution in [0.2, 0.25) is 0 Å². The Balaban J connectivity index is 0.00000385. The summed E-state index contributed by atoms with van der Waals surface area (Å²) in [6.07, 6.45) is -15.7. The predicted molar refractivity (Wildman–Crippen MR) is 104 cm³/mol. The fourth-order valence-corrected chi connectivity index (χ4v) is 3.43. The van der Waals surface area contributed by atoms with E-state index in [9.17, 15) is 45.9 Å². The summed E-state index contributed by atoms with van der Waals surface area (Å²) in [7, 11) is 0. The molecule has 2 aliphatic heterocycles. The van der Waals surface area contributed by atoms with E-state index in [-0.39, 0.29) is 16.9 Å². The molecular weight excluding hydrogens is 454 g/mol. The molecular formula is C18H27NO14. The van der Waals surface area contributed by atoms with Crippen molar-refractivity contribution in [1.29, 1.82) is 0 Å². The lowest BCUT2D eigenvalue weighted by Gasteiger charge is -2.45. The number of rotatable bonds is 7. The Labute approximate surface area is 186 Å². The van der Waals surface area contributed by atoms with E-state index < -0.39 is 79.5 Å². The van der Waals surface area contributed by atoms with Crippen molar-refractivity contribution < 1.29 is 65.1 Å². The van der Waals surface area contributed by atoms with E-state index in [1.54, 1.807) is 0 Å². The highest BCUT2D eigenvalue weighted by atomic mass is 16.7. The van der Waals surface area contributed by atoms with Gasteiger partial charge in [-0.1, -0.05) is 0 Å². The van der Waals surface area contributed by atoms with Gasteiger partial charge in [0.25, 0.3) is 5.69 Å². The quantitative estimate of drug-likeness (QED) is 0.144. The van der Waals surface area contributed by atoms with E-state index in [4.69, 9.17) is 18.9 Å². The zero-order valence-electron chi connectivity index (χ0n) is 17.0. The first-order valence-corrected chi connectivity index (χ1v) is 9.67. The predicted octanol–water partition coefficient (Wildman–Crippen LogP) is -4.23. The smallest absolute Gasteiger partial charge is 0.269 e. The van der Waals surface area contributed by atoms with Gasteiger partial charge >= 0.3 is 0 Å². The highest BCUT2D eigenvalue weighted by Crippen LogP contribution is 2.30. The summed E-state index contributed by atoms with van der Waals surface area (Å²) in [5.41, 5.74) is -0.191. The first kappa shape index (κ1) is 27.2. The van der Waals surface area contributed by atoms with E-state index in [1.165, 1.54) is 12.1 Å². The number of nitro benzene ring substituents is 1. The molecule has 15 nitrogen and oxygen atoms in total. The van der Waals surface area contributed by atoms with E-state index >= 15 is 0 Å². The minimum absolute atomic E-state index is 0. The molecule has 0 aromatic heterocycles. The van der Waals surface area contributed by atoms with Gasteiger partial charge in [-0.15, -0.1) is 0 Å². The van der Waals surface area contributed by atoms with Crippen molar-refractivity contribution in [1.82, 2.24) is 0 Å². The van der Waals surface area contributed by atoms with Gasteiger partial charge < -0.3 is 60.2 Å². The summed E-state index contributed by atoms with van der Waals surface area (Å²) in [5, 5.41) is 80.4. The van der Waals surface area contributed by atoms with Gasteiger partial charge in [0, 0.05) is 12.1 Å². The third-order valence-corrected chi connectivity index (χ3v) is 5.26. The molecule has 2 saturated heterocycles. The molecule has 0 aliphatic carbocycles. The van der Waals surface area contributed by atoms with E-state index in [1.807, 2.05) is 0 Å². The van der Waals surface area contributed by atoms with Crippen LogP contribution in [0.4, 0.5) is 5.69 Å². The zero-order chi connectivity index (χ0) is 23.6. The average Bonchev–Trinajstić information content (AvgIpc) is 2.79. The molecule has 3 rings (SSSR count). The number of aliphatic hydroxyl groups is 7. The number of benzene rings is 1. The summed E-state index contributed by atoms with van der Waals surface area (Å²) in [6.45, 7) is -1.42. The molecule has 1 aromatic carbocycles. The third-order valence-electron chi connectivity index (χ3n) is 5.26. The molecule has 33 heavy (non-hydrogen) atoms. The second kappa shape index (κ2) is 11.4. The molecule has 0 bridgehead atoms. The van der Waals surface area contributed by atoms with Gasteiger partial charge in [0.1, 0.15) is 54.6 Å². The monoisotopic (exact) mass is 481 g/mol. The molecule has 15 heteroatoms. The summed E-state index contributed by atoms with van der Waals surface area (Å²) in [6, 6.07) is 4.83.